The SMILES string of the molecule is c1ccc2cc3c(-c4ccc(C5=NCCO5)cc4)cccc3cc2c1. The molecule has 0 atom stereocenters. The van der Waals surface area contributed by atoms with Gasteiger partial charge < -0.3 is 4.74 Å². The third-order valence-corrected chi connectivity index (χ3v) is 4.78. The van der Waals surface area contributed by atoms with Gasteiger partial charge in [0.15, 0.2) is 0 Å². The summed E-state index contributed by atoms with van der Waals surface area (Å²) in [7, 11) is 0. The average Bonchev–Trinajstić information content (AvgIpc) is 3.21. The van der Waals surface area contributed by atoms with Crippen LogP contribution in [0.5, 0.6) is 0 Å². The van der Waals surface area contributed by atoms with Crippen LogP contribution in [0.1, 0.15) is 5.56 Å². The number of hydrogen-bond donors (Lipinski definition) is 0. The Morgan fingerprint density at radius 1 is 0.680 bits per heavy atom. The fourth-order valence-corrected chi connectivity index (χ4v) is 3.52. The quantitative estimate of drug-likeness (QED) is 0.450. The van der Waals surface area contributed by atoms with Crippen LogP contribution >= 0.6 is 0 Å². The van der Waals surface area contributed by atoms with Crippen molar-refractivity contribution in [2.45, 2.75) is 0 Å². The molecule has 0 unspecified atom stereocenters. The Bertz CT molecular complexity index is 1110. The molecule has 0 aliphatic carbocycles. The van der Waals surface area contributed by atoms with Gasteiger partial charge in [-0.05, 0) is 56.9 Å². The molecule has 0 aromatic heterocycles. The molecule has 2 heteroatoms. The molecule has 0 bridgehead atoms. The predicted molar refractivity (Wildman–Crippen MR) is 104 cm³/mol. The van der Waals surface area contributed by atoms with E-state index >= 15 is 0 Å². The van der Waals surface area contributed by atoms with Crippen molar-refractivity contribution < 1.29 is 4.74 Å². The number of fused-ring (bicyclic) bond motifs is 2. The van der Waals surface area contributed by atoms with Gasteiger partial charge in [0.05, 0.1) is 6.54 Å². The minimum absolute atomic E-state index is 0.688. The first kappa shape index (κ1) is 14.2. The van der Waals surface area contributed by atoms with Crippen LogP contribution < -0.4 is 0 Å². The van der Waals surface area contributed by atoms with E-state index in [2.05, 4.69) is 83.9 Å². The molecule has 0 N–H and O–H groups in total. The third kappa shape index (κ3) is 2.47. The molecule has 120 valence electrons. The monoisotopic (exact) mass is 323 g/mol. The largest absolute Gasteiger partial charge is 0.476 e. The molecule has 0 spiro atoms. The predicted octanol–water partition coefficient (Wildman–Crippen LogP) is 5.44. The van der Waals surface area contributed by atoms with Crippen molar-refractivity contribution in [3.63, 3.8) is 0 Å². The van der Waals surface area contributed by atoms with Crippen molar-refractivity contribution in [2.24, 2.45) is 4.99 Å². The first-order valence-corrected chi connectivity index (χ1v) is 8.58. The fourth-order valence-electron chi connectivity index (χ4n) is 3.52. The van der Waals surface area contributed by atoms with Crippen molar-refractivity contribution in [1.82, 2.24) is 0 Å². The lowest BCUT2D eigenvalue weighted by Gasteiger charge is -2.10. The highest BCUT2D eigenvalue weighted by Gasteiger charge is 2.11. The Labute approximate surface area is 146 Å². The summed E-state index contributed by atoms with van der Waals surface area (Å²) >= 11 is 0. The minimum atomic E-state index is 0.688. The zero-order valence-electron chi connectivity index (χ0n) is 13.8. The van der Waals surface area contributed by atoms with Crippen LogP contribution in [0.2, 0.25) is 0 Å². The second-order valence-corrected chi connectivity index (χ2v) is 6.34. The van der Waals surface area contributed by atoms with Gasteiger partial charge >= 0.3 is 0 Å². The van der Waals surface area contributed by atoms with E-state index in [4.69, 9.17) is 4.74 Å². The Hall–Kier alpha value is -3.13. The Balaban J connectivity index is 1.65. The van der Waals surface area contributed by atoms with Gasteiger partial charge in [-0.15, -0.1) is 0 Å². The summed E-state index contributed by atoms with van der Waals surface area (Å²) in [6, 6.07) is 28.1. The lowest BCUT2D eigenvalue weighted by molar-refractivity contribution is 0.348. The summed E-state index contributed by atoms with van der Waals surface area (Å²) in [6.07, 6.45) is 0. The Kier molecular flexibility index (Phi) is 3.27. The average molecular weight is 323 g/mol. The van der Waals surface area contributed by atoms with Crippen LogP contribution in [-0.4, -0.2) is 19.0 Å². The minimum Gasteiger partial charge on any atom is -0.476 e. The van der Waals surface area contributed by atoms with Crippen LogP contribution in [0.4, 0.5) is 0 Å². The van der Waals surface area contributed by atoms with Gasteiger partial charge in [0.25, 0.3) is 0 Å². The molecule has 1 aliphatic heterocycles. The summed E-state index contributed by atoms with van der Waals surface area (Å²) in [4.78, 5) is 4.39. The molecule has 0 radical (unpaired) electrons. The van der Waals surface area contributed by atoms with E-state index in [1.807, 2.05) is 0 Å². The summed E-state index contributed by atoms with van der Waals surface area (Å²) < 4.78 is 5.55. The fraction of sp³-hybridized carbons (Fsp3) is 0.0870. The number of aliphatic imine (C=N–C) groups is 1. The molecule has 2 nitrogen and oxygen atoms in total. The van der Waals surface area contributed by atoms with Gasteiger partial charge in [0, 0.05) is 5.56 Å². The highest BCUT2D eigenvalue weighted by molar-refractivity contribution is 6.05. The number of ether oxygens (including phenoxy) is 1. The van der Waals surface area contributed by atoms with Crippen molar-refractivity contribution in [3.05, 3.63) is 84.4 Å². The maximum absolute atomic E-state index is 5.55. The Morgan fingerprint density at radius 2 is 1.40 bits per heavy atom. The zero-order chi connectivity index (χ0) is 16.6. The van der Waals surface area contributed by atoms with Gasteiger partial charge in [0.2, 0.25) is 5.90 Å². The lowest BCUT2D eigenvalue weighted by Crippen LogP contribution is -2.00. The Morgan fingerprint density at radius 3 is 2.16 bits per heavy atom. The standard InChI is InChI=1S/C23H17NO/c1-2-5-19-15-22-20(14-18(19)4-1)6-3-7-21(22)16-8-10-17(11-9-16)23-24-12-13-25-23/h1-11,14-15H,12-13H2. The number of nitrogens with zero attached hydrogens (tertiary/aromatic N) is 1. The highest BCUT2D eigenvalue weighted by atomic mass is 16.5. The zero-order valence-corrected chi connectivity index (χ0v) is 13.8. The molecule has 4 aromatic rings. The van der Waals surface area contributed by atoms with E-state index in [9.17, 15) is 0 Å². The van der Waals surface area contributed by atoms with E-state index in [1.165, 1.54) is 32.7 Å². The van der Waals surface area contributed by atoms with Gasteiger partial charge in [-0.2, -0.15) is 0 Å². The molecular weight excluding hydrogens is 306 g/mol. The number of rotatable bonds is 2. The van der Waals surface area contributed by atoms with E-state index in [1.54, 1.807) is 0 Å². The molecule has 0 saturated carbocycles. The van der Waals surface area contributed by atoms with Crippen LogP contribution in [0.3, 0.4) is 0 Å². The number of hydrogen-bond acceptors (Lipinski definition) is 2. The van der Waals surface area contributed by atoms with Gasteiger partial charge in [-0.3, -0.25) is 0 Å². The second-order valence-electron chi connectivity index (χ2n) is 6.34. The van der Waals surface area contributed by atoms with E-state index < -0.39 is 0 Å². The molecule has 4 aromatic carbocycles. The first-order chi connectivity index (χ1) is 12.4. The van der Waals surface area contributed by atoms with E-state index in [-0.39, 0.29) is 0 Å². The highest BCUT2D eigenvalue weighted by Crippen LogP contribution is 2.32. The smallest absolute Gasteiger partial charge is 0.216 e. The number of benzene rings is 4. The third-order valence-electron chi connectivity index (χ3n) is 4.78. The van der Waals surface area contributed by atoms with Crippen molar-refractivity contribution in [2.75, 3.05) is 13.2 Å². The summed E-state index contributed by atoms with van der Waals surface area (Å²) in [5, 5.41) is 5.10. The van der Waals surface area contributed by atoms with Gasteiger partial charge in [-0.1, -0.05) is 54.6 Å². The van der Waals surface area contributed by atoms with E-state index in [0.29, 0.717) is 6.61 Å². The lowest BCUT2D eigenvalue weighted by atomic mass is 9.95. The molecule has 1 aliphatic rings. The molecule has 1 heterocycles. The molecule has 25 heavy (non-hydrogen) atoms. The molecule has 0 saturated heterocycles. The first-order valence-electron chi connectivity index (χ1n) is 8.58. The molecule has 0 amide bonds. The summed E-state index contributed by atoms with van der Waals surface area (Å²) in [5.74, 6) is 0.760. The van der Waals surface area contributed by atoms with Crippen molar-refractivity contribution in [3.8, 4) is 11.1 Å². The normalized spacial score (nSPS) is 13.8. The maximum atomic E-state index is 5.55. The summed E-state index contributed by atoms with van der Waals surface area (Å²) in [5.41, 5.74) is 3.51. The van der Waals surface area contributed by atoms with Crippen molar-refractivity contribution in [1.29, 1.82) is 0 Å². The van der Waals surface area contributed by atoms with Crippen LogP contribution in [0.15, 0.2) is 83.9 Å². The molecule has 0 fully saturated rings. The van der Waals surface area contributed by atoms with Gasteiger partial charge in [-0.25, -0.2) is 4.99 Å². The van der Waals surface area contributed by atoms with Gasteiger partial charge in [0.1, 0.15) is 6.61 Å². The topological polar surface area (TPSA) is 21.6 Å². The van der Waals surface area contributed by atoms with Crippen LogP contribution in [0, 0.1) is 0 Å². The maximum Gasteiger partial charge on any atom is 0.216 e. The van der Waals surface area contributed by atoms with Crippen molar-refractivity contribution >= 4 is 27.4 Å². The second kappa shape index (κ2) is 5.75. The molecular formula is C23H17NO. The van der Waals surface area contributed by atoms with Crippen LogP contribution in [-0.2, 0) is 4.74 Å². The molecule has 5 rings (SSSR count). The van der Waals surface area contributed by atoms with E-state index in [0.717, 1.165) is 18.0 Å². The summed E-state index contributed by atoms with van der Waals surface area (Å²) in [6.45, 7) is 1.45. The van der Waals surface area contributed by atoms with Crippen LogP contribution in [0.25, 0.3) is 32.7 Å².